The molecule has 10 heteroatoms. The van der Waals surface area contributed by atoms with Crippen LogP contribution in [0.2, 0.25) is 0 Å². The van der Waals surface area contributed by atoms with E-state index in [1.54, 1.807) is 6.07 Å². The third-order valence-corrected chi connectivity index (χ3v) is 8.71. The first-order chi connectivity index (χ1) is 20.8. The first-order valence-corrected chi connectivity index (χ1v) is 15.1. The third kappa shape index (κ3) is 6.66. The lowest BCUT2D eigenvalue weighted by molar-refractivity contribution is 0.0734. The Balaban J connectivity index is 0.999. The van der Waals surface area contributed by atoms with E-state index in [-0.39, 0.29) is 24.4 Å². The van der Waals surface area contributed by atoms with Crippen LogP contribution in [0.25, 0.3) is 0 Å². The molecule has 3 aromatic carbocycles. The standard InChI is InChI=1S/C33H33BrN4O5/c1-20-31(43-19-37-20)18-42-28-9-6-22-14-29(35-15-26(22)13-28)30(39)16-36-32(40)24-2-3-25-17-38(11-10-23(25)12-24)33(41)21-4-7-27(34)8-5-21/h2-9,12-13,19,29-30,35,39H,10-11,14-18H2,1H3,(H,36,40)/t29-,30+/m0/s1. The lowest BCUT2D eigenvalue weighted by Crippen LogP contribution is -2.49. The minimum atomic E-state index is -0.752. The SMILES string of the molecule is Cc1ncoc1COc1ccc2c(c1)CN[C@H]([C@H](O)CNC(=O)c1ccc3c(c1)CCN(C(=O)c1ccc(Br)cc1)C3)C2. The molecule has 4 aromatic rings. The van der Waals surface area contributed by atoms with E-state index >= 15 is 0 Å². The number of aryl methyl sites for hydroxylation is 1. The molecule has 0 aliphatic carbocycles. The summed E-state index contributed by atoms with van der Waals surface area (Å²) in [6.07, 6.45) is 1.98. The summed E-state index contributed by atoms with van der Waals surface area (Å²) in [6, 6.07) is 18.7. The van der Waals surface area contributed by atoms with Crippen molar-refractivity contribution in [1.82, 2.24) is 20.5 Å². The van der Waals surface area contributed by atoms with Gasteiger partial charge in [-0.2, -0.15) is 0 Å². The average Bonchev–Trinajstić information content (AvgIpc) is 3.45. The maximum absolute atomic E-state index is 13.0. The molecule has 222 valence electrons. The number of hydrogen-bond donors (Lipinski definition) is 3. The van der Waals surface area contributed by atoms with Gasteiger partial charge in [-0.25, -0.2) is 4.98 Å². The first-order valence-electron chi connectivity index (χ1n) is 14.3. The second-order valence-corrected chi connectivity index (χ2v) is 11.9. The van der Waals surface area contributed by atoms with Gasteiger partial charge in [-0.05, 0) is 90.6 Å². The number of benzene rings is 3. The van der Waals surface area contributed by atoms with Crippen molar-refractivity contribution >= 4 is 27.7 Å². The second-order valence-electron chi connectivity index (χ2n) is 11.0. The van der Waals surface area contributed by atoms with E-state index in [9.17, 15) is 14.7 Å². The minimum Gasteiger partial charge on any atom is -0.486 e. The highest BCUT2D eigenvalue weighted by molar-refractivity contribution is 9.10. The number of aliphatic hydroxyl groups is 1. The molecule has 2 atom stereocenters. The normalized spacial score (nSPS) is 16.6. The van der Waals surface area contributed by atoms with Gasteiger partial charge in [-0.15, -0.1) is 0 Å². The van der Waals surface area contributed by atoms with E-state index in [1.165, 1.54) is 6.39 Å². The Morgan fingerprint density at radius 2 is 1.88 bits per heavy atom. The Labute approximate surface area is 258 Å². The molecule has 0 bridgehead atoms. The van der Waals surface area contributed by atoms with Crippen LogP contribution in [0, 0.1) is 6.92 Å². The molecule has 0 saturated heterocycles. The molecular formula is C33H33BrN4O5. The Hall–Kier alpha value is -3.99. The summed E-state index contributed by atoms with van der Waals surface area (Å²) in [4.78, 5) is 31.8. The number of nitrogens with zero attached hydrogens (tertiary/aromatic N) is 2. The van der Waals surface area contributed by atoms with E-state index in [0.717, 1.165) is 38.2 Å². The zero-order valence-corrected chi connectivity index (χ0v) is 25.4. The summed E-state index contributed by atoms with van der Waals surface area (Å²) in [6.45, 7) is 4.02. The number of fused-ring (bicyclic) bond motifs is 2. The van der Waals surface area contributed by atoms with Crippen molar-refractivity contribution in [2.45, 2.75) is 51.6 Å². The highest BCUT2D eigenvalue weighted by Gasteiger charge is 2.26. The molecule has 1 aromatic heterocycles. The van der Waals surface area contributed by atoms with Gasteiger partial charge >= 0.3 is 0 Å². The summed E-state index contributed by atoms with van der Waals surface area (Å²) in [5.41, 5.74) is 6.38. The summed E-state index contributed by atoms with van der Waals surface area (Å²) in [5.74, 6) is 1.22. The molecule has 0 saturated carbocycles. The van der Waals surface area contributed by atoms with Crippen molar-refractivity contribution in [3.63, 3.8) is 0 Å². The highest BCUT2D eigenvalue weighted by Crippen LogP contribution is 2.25. The van der Waals surface area contributed by atoms with Crippen LogP contribution in [0.15, 0.2) is 75.9 Å². The fraction of sp³-hybridized carbons (Fsp3) is 0.303. The van der Waals surface area contributed by atoms with Crippen LogP contribution in [0.3, 0.4) is 0 Å². The van der Waals surface area contributed by atoms with Gasteiger partial charge in [0.15, 0.2) is 12.2 Å². The minimum absolute atomic E-state index is 0.000386. The van der Waals surface area contributed by atoms with Crippen LogP contribution in [-0.2, 0) is 32.5 Å². The number of amides is 2. The Morgan fingerprint density at radius 3 is 2.67 bits per heavy atom. The Kier molecular flexibility index (Phi) is 8.60. The topological polar surface area (TPSA) is 117 Å². The molecule has 2 amide bonds. The number of carbonyl (C=O) groups excluding carboxylic acids is 2. The van der Waals surface area contributed by atoms with Crippen molar-refractivity contribution < 1.29 is 23.8 Å². The molecule has 2 aliphatic rings. The zero-order chi connectivity index (χ0) is 29.9. The molecule has 9 nitrogen and oxygen atoms in total. The third-order valence-electron chi connectivity index (χ3n) is 8.18. The van der Waals surface area contributed by atoms with Gasteiger partial charge in [0.1, 0.15) is 12.4 Å². The molecule has 3 heterocycles. The molecule has 0 radical (unpaired) electrons. The van der Waals surface area contributed by atoms with Gasteiger partial charge < -0.3 is 29.8 Å². The fourth-order valence-corrected chi connectivity index (χ4v) is 5.84. The van der Waals surface area contributed by atoms with E-state index in [4.69, 9.17) is 9.15 Å². The van der Waals surface area contributed by atoms with Crippen LogP contribution >= 0.6 is 15.9 Å². The van der Waals surface area contributed by atoms with E-state index in [1.807, 2.05) is 66.4 Å². The lowest BCUT2D eigenvalue weighted by atomic mass is 9.92. The van der Waals surface area contributed by atoms with Crippen molar-refractivity contribution in [2.24, 2.45) is 0 Å². The van der Waals surface area contributed by atoms with E-state index in [2.05, 4.69) is 31.5 Å². The van der Waals surface area contributed by atoms with Crippen molar-refractivity contribution in [3.05, 3.63) is 116 Å². The average molecular weight is 646 g/mol. The molecule has 0 spiro atoms. The number of nitrogens with one attached hydrogen (secondary N) is 2. The van der Waals surface area contributed by atoms with Crippen LogP contribution < -0.4 is 15.4 Å². The number of ether oxygens (including phenoxy) is 1. The molecule has 43 heavy (non-hydrogen) atoms. The predicted molar refractivity (Wildman–Crippen MR) is 164 cm³/mol. The van der Waals surface area contributed by atoms with Gasteiger partial charge in [0.05, 0.1) is 11.8 Å². The maximum Gasteiger partial charge on any atom is 0.254 e. The van der Waals surface area contributed by atoms with Gasteiger partial charge in [0.2, 0.25) is 0 Å². The number of hydrogen-bond acceptors (Lipinski definition) is 7. The van der Waals surface area contributed by atoms with Crippen molar-refractivity contribution in [2.75, 3.05) is 13.1 Å². The Bertz CT molecular complexity index is 1640. The van der Waals surface area contributed by atoms with Crippen LogP contribution in [0.4, 0.5) is 0 Å². The quantitative estimate of drug-likeness (QED) is 0.261. The van der Waals surface area contributed by atoms with Gasteiger partial charge in [0.25, 0.3) is 11.8 Å². The number of aliphatic hydroxyl groups excluding tert-OH is 1. The Morgan fingerprint density at radius 1 is 1.09 bits per heavy atom. The summed E-state index contributed by atoms with van der Waals surface area (Å²) in [7, 11) is 0. The van der Waals surface area contributed by atoms with E-state index in [0.29, 0.717) is 56.0 Å². The number of oxazole rings is 1. The van der Waals surface area contributed by atoms with Crippen LogP contribution in [-0.4, -0.2) is 52.0 Å². The highest BCUT2D eigenvalue weighted by atomic mass is 79.9. The second kappa shape index (κ2) is 12.7. The van der Waals surface area contributed by atoms with Gasteiger partial charge in [0, 0.05) is 47.8 Å². The molecule has 2 aliphatic heterocycles. The number of rotatable bonds is 8. The zero-order valence-electron chi connectivity index (χ0n) is 23.8. The van der Waals surface area contributed by atoms with Crippen LogP contribution in [0.1, 0.15) is 54.4 Å². The molecule has 6 rings (SSSR count). The summed E-state index contributed by atoms with van der Waals surface area (Å²) in [5, 5.41) is 17.2. The lowest BCUT2D eigenvalue weighted by Gasteiger charge is -2.30. The largest absolute Gasteiger partial charge is 0.486 e. The van der Waals surface area contributed by atoms with Gasteiger partial charge in [-0.3, -0.25) is 9.59 Å². The summed E-state index contributed by atoms with van der Waals surface area (Å²) >= 11 is 3.41. The predicted octanol–water partition coefficient (Wildman–Crippen LogP) is 4.33. The fourth-order valence-electron chi connectivity index (χ4n) is 5.58. The molecule has 0 fully saturated rings. The van der Waals surface area contributed by atoms with Crippen molar-refractivity contribution in [3.8, 4) is 5.75 Å². The maximum atomic E-state index is 13.0. The number of carbonyl (C=O) groups is 2. The van der Waals surface area contributed by atoms with Gasteiger partial charge in [-0.1, -0.05) is 28.1 Å². The first kappa shape index (κ1) is 29.1. The molecule has 3 N–H and O–H groups in total. The van der Waals surface area contributed by atoms with Crippen molar-refractivity contribution in [1.29, 1.82) is 0 Å². The molecule has 0 unspecified atom stereocenters. The monoisotopic (exact) mass is 644 g/mol. The van der Waals surface area contributed by atoms with Crippen LogP contribution in [0.5, 0.6) is 5.75 Å². The smallest absolute Gasteiger partial charge is 0.254 e. The number of aromatic nitrogens is 1. The molecular weight excluding hydrogens is 612 g/mol. The van der Waals surface area contributed by atoms with E-state index < -0.39 is 6.10 Å². The number of halogens is 1. The summed E-state index contributed by atoms with van der Waals surface area (Å²) < 4.78 is 12.1.